The second-order valence-corrected chi connectivity index (χ2v) is 6.46. The fourth-order valence-electron chi connectivity index (χ4n) is 1.56. The van der Waals surface area contributed by atoms with Gasteiger partial charge in [0.25, 0.3) is 0 Å². The van der Waals surface area contributed by atoms with Crippen molar-refractivity contribution in [3.8, 4) is 0 Å². The average molecular weight is 270 g/mol. The monoisotopic (exact) mass is 269 g/mol. The topological polar surface area (TPSA) is 46.2 Å². The van der Waals surface area contributed by atoms with Gasteiger partial charge >= 0.3 is 0 Å². The number of hydrogen-bond acceptors (Lipinski definition) is 2. The first-order valence-electron chi connectivity index (χ1n) is 6.09. The number of alkyl halides is 1. The molecule has 0 aromatic rings. The maximum atomic E-state index is 11.6. The summed E-state index contributed by atoms with van der Waals surface area (Å²) in [5.74, 6) is 1.21. The van der Waals surface area contributed by atoms with Crippen LogP contribution in [0.1, 0.15) is 46.0 Å². The second-order valence-electron chi connectivity index (χ2n) is 4.15. The molecule has 0 radical (unpaired) electrons. The van der Waals surface area contributed by atoms with E-state index in [-0.39, 0.29) is 5.75 Å². The number of hydrogen-bond donors (Lipinski definition) is 1. The Bertz CT molecular complexity index is 249. The van der Waals surface area contributed by atoms with Gasteiger partial charge in [-0.05, 0) is 25.2 Å². The van der Waals surface area contributed by atoms with Gasteiger partial charge in [0.15, 0.2) is 0 Å². The zero-order valence-electron chi connectivity index (χ0n) is 10.3. The summed E-state index contributed by atoms with van der Waals surface area (Å²) in [5.41, 5.74) is 0. The molecular formula is C11H24ClNO2S. The number of rotatable bonds is 10. The van der Waals surface area contributed by atoms with Gasteiger partial charge in [0.05, 0.1) is 5.75 Å². The number of unbranched alkanes of at least 4 members (excludes halogenated alkanes) is 1. The van der Waals surface area contributed by atoms with Crippen LogP contribution in [0.4, 0.5) is 0 Å². The van der Waals surface area contributed by atoms with E-state index in [1.165, 1.54) is 0 Å². The van der Waals surface area contributed by atoms with Gasteiger partial charge < -0.3 is 0 Å². The molecule has 0 fully saturated rings. The molecular weight excluding hydrogens is 246 g/mol. The van der Waals surface area contributed by atoms with Crippen LogP contribution in [0.25, 0.3) is 0 Å². The molecule has 1 atom stereocenters. The van der Waals surface area contributed by atoms with Crippen LogP contribution >= 0.6 is 11.6 Å². The maximum Gasteiger partial charge on any atom is 0.211 e. The molecule has 5 heteroatoms. The van der Waals surface area contributed by atoms with E-state index in [2.05, 4.69) is 11.6 Å². The van der Waals surface area contributed by atoms with Crippen molar-refractivity contribution in [2.45, 2.75) is 46.0 Å². The minimum Gasteiger partial charge on any atom is -0.215 e. The van der Waals surface area contributed by atoms with E-state index >= 15 is 0 Å². The van der Waals surface area contributed by atoms with Gasteiger partial charge in [-0.25, -0.2) is 13.1 Å². The third-order valence-corrected chi connectivity index (χ3v) is 4.22. The molecule has 0 saturated carbocycles. The lowest BCUT2D eigenvalue weighted by Crippen LogP contribution is -2.31. The predicted octanol–water partition coefficient (Wildman–Crippen LogP) is 2.75. The van der Waals surface area contributed by atoms with Crippen LogP contribution in [-0.4, -0.2) is 26.6 Å². The summed E-state index contributed by atoms with van der Waals surface area (Å²) >= 11 is 5.69. The van der Waals surface area contributed by atoms with Crippen molar-refractivity contribution in [1.82, 2.24) is 4.72 Å². The van der Waals surface area contributed by atoms with Crippen molar-refractivity contribution < 1.29 is 8.42 Å². The molecule has 0 rings (SSSR count). The van der Waals surface area contributed by atoms with E-state index in [1.54, 1.807) is 0 Å². The van der Waals surface area contributed by atoms with Gasteiger partial charge in [0.1, 0.15) is 0 Å². The Labute approximate surface area is 105 Å². The van der Waals surface area contributed by atoms with Crippen LogP contribution in [0, 0.1) is 5.92 Å². The van der Waals surface area contributed by atoms with Gasteiger partial charge in [0, 0.05) is 12.4 Å². The Morgan fingerprint density at radius 3 is 2.38 bits per heavy atom. The van der Waals surface area contributed by atoms with Crippen LogP contribution in [0.3, 0.4) is 0 Å². The lowest BCUT2D eigenvalue weighted by Gasteiger charge is -2.15. The van der Waals surface area contributed by atoms with Crippen LogP contribution in [0.5, 0.6) is 0 Å². The van der Waals surface area contributed by atoms with Crippen molar-refractivity contribution in [3.63, 3.8) is 0 Å². The van der Waals surface area contributed by atoms with Crippen LogP contribution < -0.4 is 4.72 Å². The highest BCUT2D eigenvalue weighted by Crippen LogP contribution is 2.11. The molecule has 0 heterocycles. The lowest BCUT2D eigenvalue weighted by atomic mass is 10.0. The summed E-state index contributed by atoms with van der Waals surface area (Å²) in [6.45, 7) is 4.63. The molecule has 98 valence electrons. The first-order chi connectivity index (χ1) is 7.55. The molecule has 3 nitrogen and oxygen atoms in total. The summed E-state index contributed by atoms with van der Waals surface area (Å²) in [4.78, 5) is 0. The molecule has 0 spiro atoms. The third-order valence-electron chi connectivity index (χ3n) is 2.57. The normalized spacial score (nSPS) is 13.9. The summed E-state index contributed by atoms with van der Waals surface area (Å²) in [7, 11) is -3.07. The van der Waals surface area contributed by atoms with Crippen molar-refractivity contribution >= 4 is 21.6 Å². The molecule has 1 unspecified atom stereocenters. The highest BCUT2D eigenvalue weighted by Gasteiger charge is 2.13. The van der Waals surface area contributed by atoms with E-state index in [0.717, 1.165) is 32.1 Å². The predicted molar refractivity (Wildman–Crippen MR) is 70.4 cm³/mol. The highest BCUT2D eigenvalue weighted by molar-refractivity contribution is 7.89. The largest absolute Gasteiger partial charge is 0.215 e. The van der Waals surface area contributed by atoms with Crippen LogP contribution in [0.2, 0.25) is 0 Å². The molecule has 1 N–H and O–H groups in total. The van der Waals surface area contributed by atoms with Crippen LogP contribution in [-0.2, 0) is 10.0 Å². The Morgan fingerprint density at radius 2 is 1.88 bits per heavy atom. The molecule has 0 aliphatic rings. The quantitative estimate of drug-likeness (QED) is 0.620. The molecule has 0 amide bonds. The third kappa shape index (κ3) is 8.36. The summed E-state index contributed by atoms with van der Waals surface area (Å²) in [6.07, 6.45) is 4.61. The van der Waals surface area contributed by atoms with Gasteiger partial charge in [-0.1, -0.05) is 26.7 Å². The minimum atomic E-state index is -3.07. The van der Waals surface area contributed by atoms with Crippen molar-refractivity contribution in [2.24, 2.45) is 5.92 Å². The van der Waals surface area contributed by atoms with Crippen LogP contribution in [0.15, 0.2) is 0 Å². The number of nitrogens with one attached hydrogen (secondary N) is 1. The molecule has 0 aliphatic heterocycles. The fraction of sp³-hybridized carbons (Fsp3) is 1.00. The minimum absolute atomic E-state index is 0.239. The highest BCUT2D eigenvalue weighted by atomic mass is 35.5. The number of halogens is 1. The van der Waals surface area contributed by atoms with E-state index < -0.39 is 10.0 Å². The first kappa shape index (κ1) is 16.2. The Hall–Kier alpha value is 0.200. The average Bonchev–Trinajstić information content (AvgIpc) is 2.24. The molecule has 0 bridgehead atoms. The van der Waals surface area contributed by atoms with Crippen molar-refractivity contribution in [3.05, 3.63) is 0 Å². The first-order valence-corrected chi connectivity index (χ1v) is 8.27. The van der Waals surface area contributed by atoms with E-state index in [1.807, 2.05) is 6.92 Å². The Balaban J connectivity index is 3.97. The zero-order chi connectivity index (χ0) is 12.4. The van der Waals surface area contributed by atoms with E-state index in [0.29, 0.717) is 18.3 Å². The Kier molecular flexibility index (Phi) is 9.37. The second kappa shape index (κ2) is 9.25. The molecule has 0 aromatic heterocycles. The van der Waals surface area contributed by atoms with Crippen molar-refractivity contribution in [1.29, 1.82) is 0 Å². The summed E-state index contributed by atoms with van der Waals surface area (Å²) < 4.78 is 25.8. The smallest absolute Gasteiger partial charge is 0.211 e. The lowest BCUT2D eigenvalue weighted by molar-refractivity contribution is 0.457. The van der Waals surface area contributed by atoms with Gasteiger partial charge in [-0.15, -0.1) is 11.6 Å². The fourth-order valence-corrected chi connectivity index (χ4v) is 3.17. The van der Waals surface area contributed by atoms with Gasteiger partial charge in [0.2, 0.25) is 10.0 Å². The SMILES string of the molecule is CCCCS(=O)(=O)NCC(CCC)CCCl. The van der Waals surface area contributed by atoms with Gasteiger partial charge in [-0.2, -0.15) is 0 Å². The van der Waals surface area contributed by atoms with E-state index in [9.17, 15) is 8.42 Å². The van der Waals surface area contributed by atoms with Crippen molar-refractivity contribution in [2.75, 3.05) is 18.2 Å². The standard InChI is InChI=1S/C11H24ClNO2S/c1-3-5-9-16(14,15)13-10-11(6-4-2)7-8-12/h11,13H,3-10H2,1-2H3. The number of sulfonamides is 1. The molecule has 0 aliphatic carbocycles. The summed E-state index contributed by atoms with van der Waals surface area (Å²) in [5, 5.41) is 0. The van der Waals surface area contributed by atoms with E-state index in [4.69, 9.17) is 11.6 Å². The molecule has 16 heavy (non-hydrogen) atoms. The zero-order valence-corrected chi connectivity index (χ0v) is 11.9. The Morgan fingerprint density at radius 1 is 1.19 bits per heavy atom. The van der Waals surface area contributed by atoms with Gasteiger partial charge in [-0.3, -0.25) is 0 Å². The maximum absolute atomic E-state index is 11.6. The molecule has 0 saturated heterocycles. The summed E-state index contributed by atoms with van der Waals surface area (Å²) in [6, 6.07) is 0. The molecule has 0 aromatic carbocycles.